The Balaban J connectivity index is 1.71. The molecule has 0 aliphatic carbocycles. The molecule has 4 heteroatoms. The van der Waals surface area contributed by atoms with E-state index in [0.717, 1.165) is 45.4 Å². The number of nitrogens with zero attached hydrogens (tertiary/aromatic N) is 2. The minimum Gasteiger partial charge on any atom is -0.381 e. The molecule has 4 nitrogen and oxygen atoms in total. The molecular formula is C18H26N2O2. The average molecular weight is 302 g/mol. The van der Waals surface area contributed by atoms with Crippen LogP contribution in [0.2, 0.25) is 0 Å². The van der Waals surface area contributed by atoms with Crippen LogP contribution in [0.3, 0.4) is 0 Å². The molecule has 0 unspecified atom stereocenters. The van der Waals surface area contributed by atoms with Crippen molar-refractivity contribution in [2.24, 2.45) is 0 Å². The Bertz CT molecular complexity index is 459. The van der Waals surface area contributed by atoms with E-state index in [2.05, 4.69) is 22.5 Å². The van der Waals surface area contributed by atoms with Crippen molar-refractivity contribution in [2.75, 3.05) is 26.4 Å². The van der Waals surface area contributed by atoms with Crippen molar-refractivity contribution in [1.82, 2.24) is 9.88 Å². The Labute approximate surface area is 133 Å². The molecule has 120 valence electrons. The first-order valence-corrected chi connectivity index (χ1v) is 8.33. The first-order valence-electron chi connectivity index (χ1n) is 8.33. The molecule has 2 aliphatic heterocycles. The molecule has 0 saturated carbocycles. The molecule has 1 aromatic heterocycles. The van der Waals surface area contributed by atoms with Gasteiger partial charge in [-0.05, 0) is 37.3 Å². The van der Waals surface area contributed by atoms with Crippen LogP contribution in [0.1, 0.15) is 24.8 Å². The number of hydrogen-bond acceptors (Lipinski definition) is 4. The summed E-state index contributed by atoms with van der Waals surface area (Å²) in [6, 6.07) is 5.25. The summed E-state index contributed by atoms with van der Waals surface area (Å²) in [5.41, 5.74) is 1.29. The lowest BCUT2D eigenvalue weighted by Crippen LogP contribution is -2.46. The van der Waals surface area contributed by atoms with E-state index < -0.39 is 0 Å². The van der Waals surface area contributed by atoms with E-state index in [0.29, 0.717) is 24.8 Å². The first kappa shape index (κ1) is 15.7. The smallest absolute Gasteiger partial charge is 0.0750 e. The van der Waals surface area contributed by atoms with Gasteiger partial charge in [0, 0.05) is 44.2 Å². The highest BCUT2D eigenvalue weighted by atomic mass is 16.5. The zero-order chi connectivity index (χ0) is 15.2. The molecule has 3 heterocycles. The molecule has 3 rings (SSSR count). The van der Waals surface area contributed by atoms with Crippen LogP contribution in [0.15, 0.2) is 37.2 Å². The second-order valence-corrected chi connectivity index (χ2v) is 6.16. The molecular weight excluding hydrogens is 276 g/mol. The van der Waals surface area contributed by atoms with Gasteiger partial charge in [0.15, 0.2) is 0 Å². The number of aromatic nitrogens is 1. The number of pyridine rings is 1. The molecule has 0 bridgehead atoms. The molecule has 0 aromatic carbocycles. The Kier molecular flexibility index (Phi) is 5.59. The lowest BCUT2D eigenvalue weighted by atomic mass is 10.00. The van der Waals surface area contributed by atoms with Crippen molar-refractivity contribution in [1.29, 1.82) is 0 Å². The molecule has 0 radical (unpaired) electrons. The first-order chi connectivity index (χ1) is 10.9. The van der Waals surface area contributed by atoms with Gasteiger partial charge in [-0.3, -0.25) is 9.88 Å². The van der Waals surface area contributed by atoms with Gasteiger partial charge < -0.3 is 9.47 Å². The van der Waals surface area contributed by atoms with Crippen molar-refractivity contribution in [3.8, 4) is 0 Å². The number of ether oxygens (including phenoxy) is 2. The van der Waals surface area contributed by atoms with Crippen LogP contribution < -0.4 is 0 Å². The third-order valence-electron chi connectivity index (χ3n) is 4.78. The fraction of sp³-hybridized carbons (Fsp3) is 0.611. The summed E-state index contributed by atoms with van der Waals surface area (Å²) in [7, 11) is 0. The van der Waals surface area contributed by atoms with Crippen LogP contribution >= 0.6 is 0 Å². The molecule has 2 saturated heterocycles. The maximum absolute atomic E-state index is 6.05. The van der Waals surface area contributed by atoms with Gasteiger partial charge in [0.2, 0.25) is 0 Å². The highest BCUT2D eigenvalue weighted by Crippen LogP contribution is 2.29. The second kappa shape index (κ2) is 7.86. The van der Waals surface area contributed by atoms with Crippen LogP contribution in [-0.4, -0.2) is 54.4 Å². The van der Waals surface area contributed by atoms with Crippen molar-refractivity contribution in [2.45, 2.75) is 43.9 Å². The zero-order valence-electron chi connectivity index (χ0n) is 13.2. The summed E-state index contributed by atoms with van der Waals surface area (Å²) < 4.78 is 11.6. The van der Waals surface area contributed by atoms with E-state index in [1.165, 1.54) is 5.56 Å². The van der Waals surface area contributed by atoms with Gasteiger partial charge in [0.1, 0.15) is 0 Å². The summed E-state index contributed by atoms with van der Waals surface area (Å²) in [4.78, 5) is 6.91. The van der Waals surface area contributed by atoms with E-state index >= 15 is 0 Å². The third-order valence-corrected chi connectivity index (χ3v) is 4.78. The van der Waals surface area contributed by atoms with Gasteiger partial charge in [-0.1, -0.05) is 12.1 Å². The summed E-state index contributed by atoms with van der Waals surface area (Å²) in [5.74, 6) is 0. The number of hydrogen-bond donors (Lipinski definition) is 0. The maximum Gasteiger partial charge on any atom is 0.0750 e. The Morgan fingerprint density at radius 1 is 1.36 bits per heavy atom. The number of rotatable bonds is 6. The van der Waals surface area contributed by atoms with Crippen molar-refractivity contribution in [3.63, 3.8) is 0 Å². The minimum absolute atomic E-state index is 0.293. The SMILES string of the molecule is C=CCO[C@@H]1CCN(C2CCOCC2)[C@H]1Cc1cccnc1. The predicted octanol–water partition coefficient (Wildman–Crippen LogP) is 2.45. The molecule has 0 amide bonds. The Morgan fingerprint density at radius 3 is 2.95 bits per heavy atom. The Morgan fingerprint density at radius 2 is 2.23 bits per heavy atom. The van der Waals surface area contributed by atoms with Gasteiger partial charge in [-0.15, -0.1) is 6.58 Å². The lowest BCUT2D eigenvalue weighted by Gasteiger charge is -2.36. The topological polar surface area (TPSA) is 34.6 Å². The van der Waals surface area contributed by atoms with Crippen LogP contribution in [-0.2, 0) is 15.9 Å². The molecule has 2 atom stereocenters. The zero-order valence-corrected chi connectivity index (χ0v) is 13.2. The molecule has 2 aliphatic rings. The minimum atomic E-state index is 0.293. The molecule has 0 spiro atoms. The summed E-state index contributed by atoms with van der Waals surface area (Å²) in [5, 5.41) is 0. The largest absolute Gasteiger partial charge is 0.381 e. The van der Waals surface area contributed by atoms with Crippen LogP contribution in [0.5, 0.6) is 0 Å². The second-order valence-electron chi connectivity index (χ2n) is 6.16. The predicted molar refractivity (Wildman–Crippen MR) is 86.8 cm³/mol. The van der Waals surface area contributed by atoms with Crippen molar-refractivity contribution in [3.05, 3.63) is 42.7 Å². The van der Waals surface area contributed by atoms with Crippen LogP contribution in [0.4, 0.5) is 0 Å². The third kappa shape index (κ3) is 3.75. The summed E-state index contributed by atoms with van der Waals surface area (Å²) in [6.45, 7) is 7.31. The fourth-order valence-electron chi connectivity index (χ4n) is 3.71. The van der Waals surface area contributed by atoms with Crippen molar-refractivity contribution < 1.29 is 9.47 Å². The monoisotopic (exact) mass is 302 g/mol. The van der Waals surface area contributed by atoms with E-state index in [-0.39, 0.29) is 0 Å². The lowest BCUT2D eigenvalue weighted by molar-refractivity contribution is 0.000514. The van der Waals surface area contributed by atoms with E-state index in [1.54, 1.807) is 0 Å². The summed E-state index contributed by atoms with van der Waals surface area (Å²) in [6.07, 6.45) is 10.3. The van der Waals surface area contributed by atoms with Gasteiger partial charge >= 0.3 is 0 Å². The van der Waals surface area contributed by atoms with E-state index in [4.69, 9.17) is 9.47 Å². The van der Waals surface area contributed by atoms with E-state index in [9.17, 15) is 0 Å². The van der Waals surface area contributed by atoms with Gasteiger partial charge in [0.05, 0.1) is 12.7 Å². The standard InChI is InChI=1S/C18H26N2O2/c1-2-10-22-18-5-9-20(16-6-11-21-12-7-16)17(18)13-15-4-3-8-19-14-15/h2-4,8,14,16-18H,1,5-7,9-13H2/t17-,18+/m0/s1. The average Bonchev–Trinajstić information content (AvgIpc) is 2.97. The molecule has 1 aromatic rings. The quantitative estimate of drug-likeness (QED) is 0.756. The van der Waals surface area contributed by atoms with Gasteiger partial charge in [0.25, 0.3) is 0 Å². The highest BCUT2D eigenvalue weighted by molar-refractivity contribution is 5.12. The molecule has 22 heavy (non-hydrogen) atoms. The normalized spacial score (nSPS) is 27.1. The maximum atomic E-state index is 6.05. The van der Waals surface area contributed by atoms with Crippen LogP contribution in [0.25, 0.3) is 0 Å². The number of likely N-dealkylation sites (tertiary alicyclic amines) is 1. The Hall–Kier alpha value is -1.23. The van der Waals surface area contributed by atoms with Gasteiger partial charge in [-0.25, -0.2) is 0 Å². The summed E-state index contributed by atoms with van der Waals surface area (Å²) >= 11 is 0. The fourth-order valence-corrected chi connectivity index (χ4v) is 3.71. The molecule has 2 fully saturated rings. The highest BCUT2D eigenvalue weighted by Gasteiger charge is 2.38. The van der Waals surface area contributed by atoms with Gasteiger partial charge in [-0.2, -0.15) is 0 Å². The van der Waals surface area contributed by atoms with Crippen LogP contribution in [0, 0.1) is 0 Å². The van der Waals surface area contributed by atoms with E-state index in [1.807, 2.05) is 24.5 Å². The van der Waals surface area contributed by atoms with Crippen molar-refractivity contribution >= 4 is 0 Å². The molecule has 0 N–H and O–H groups in total.